The Morgan fingerprint density at radius 2 is 2.00 bits per heavy atom. The molecule has 0 spiro atoms. The summed E-state index contributed by atoms with van der Waals surface area (Å²) in [6.45, 7) is 7.58. The van der Waals surface area contributed by atoms with Crippen LogP contribution in [-0.4, -0.2) is 23.4 Å². The lowest BCUT2D eigenvalue weighted by Gasteiger charge is -2.37. The van der Waals surface area contributed by atoms with Gasteiger partial charge in [-0.15, -0.1) is 0 Å². The molecular formula is C13H23NO. The minimum atomic E-state index is 0.0333. The van der Waals surface area contributed by atoms with Crippen LogP contribution in [0, 0.1) is 11.3 Å². The summed E-state index contributed by atoms with van der Waals surface area (Å²) in [6, 6.07) is 0.475. The molecule has 1 aliphatic heterocycles. The van der Waals surface area contributed by atoms with Gasteiger partial charge < -0.3 is 4.90 Å². The summed E-state index contributed by atoms with van der Waals surface area (Å²) < 4.78 is 0. The molecule has 2 aliphatic rings. The first-order valence-electron chi connectivity index (χ1n) is 6.39. The number of hydrogen-bond acceptors (Lipinski definition) is 1. The Morgan fingerprint density at radius 3 is 2.47 bits per heavy atom. The summed E-state index contributed by atoms with van der Waals surface area (Å²) in [5, 5.41) is 0. The quantitative estimate of drug-likeness (QED) is 0.685. The molecule has 15 heavy (non-hydrogen) atoms. The van der Waals surface area contributed by atoms with Crippen LogP contribution in [0.25, 0.3) is 0 Å². The summed E-state index contributed by atoms with van der Waals surface area (Å²) in [5.41, 5.74) is 0.0333. The van der Waals surface area contributed by atoms with Crippen molar-refractivity contribution in [2.24, 2.45) is 11.3 Å². The first-order valence-corrected chi connectivity index (χ1v) is 6.39. The van der Waals surface area contributed by atoms with Crippen molar-refractivity contribution >= 4 is 5.91 Å². The molecule has 0 aromatic heterocycles. The number of hydrogen-bond donors (Lipinski definition) is 0. The highest BCUT2D eigenvalue weighted by atomic mass is 16.2. The fourth-order valence-electron chi connectivity index (χ4n) is 2.86. The van der Waals surface area contributed by atoms with Gasteiger partial charge in [-0.2, -0.15) is 0 Å². The maximum Gasteiger partial charge on any atom is 0.229 e. The topological polar surface area (TPSA) is 20.3 Å². The zero-order chi connectivity index (χ0) is 11.1. The van der Waals surface area contributed by atoms with Crippen molar-refractivity contribution in [2.75, 3.05) is 6.54 Å². The van der Waals surface area contributed by atoms with Crippen molar-refractivity contribution < 1.29 is 4.79 Å². The largest absolute Gasteiger partial charge is 0.340 e. The molecule has 1 atom stereocenters. The lowest BCUT2D eigenvalue weighted by Crippen LogP contribution is -2.47. The molecule has 2 fully saturated rings. The molecule has 86 valence electrons. The van der Waals surface area contributed by atoms with Crippen LogP contribution in [-0.2, 0) is 4.79 Å². The van der Waals surface area contributed by atoms with E-state index in [-0.39, 0.29) is 5.41 Å². The molecule has 1 unspecified atom stereocenters. The van der Waals surface area contributed by atoms with Crippen LogP contribution in [0.2, 0.25) is 0 Å². The van der Waals surface area contributed by atoms with E-state index >= 15 is 0 Å². The van der Waals surface area contributed by atoms with Crippen molar-refractivity contribution in [3.63, 3.8) is 0 Å². The number of carbonyl (C=O) groups excluding carboxylic acids is 1. The van der Waals surface area contributed by atoms with Crippen LogP contribution < -0.4 is 0 Å². The normalized spacial score (nSPS) is 29.3. The Hall–Kier alpha value is -0.530. The van der Waals surface area contributed by atoms with E-state index in [2.05, 4.69) is 25.7 Å². The Balaban J connectivity index is 2.07. The highest BCUT2D eigenvalue weighted by Gasteiger charge is 2.54. The van der Waals surface area contributed by atoms with Gasteiger partial charge in [0.05, 0.1) is 5.41 Å². The summed E-state index contributed by atoms with van der Waals surface area (Å²) in [4.78, 5) is 14.6. The molecule has 2 heteroatoms. The Kier molecular flexibility index (Phi) is 2.78. The van der Waals surface area contributed by atoms with Crippen molar-refractivity contribution in [1.29, 1.82) is 0 Å². The van der Waals surface area contributed by atoms with Crippen molar-refractivity contribution in [3.8, 4) is 0 Å². The molecule has 0 aromatic rings. The first-order chi connectivity index (χ1) is 7.08. The predicted octanol–water partition coefficient (Wildman–Crippen LogP) is 2.82. The van der Waals surface area contributed by atoms with E-state index in [1.807, 2.05) is 0 Å². The third kappa shape index (κ3) is 1.79. The molecule has 1 aliphatic carbocycles. The number of rotatable bonds is 2. The molecule has 1 amide bonds. The van der Waals surface area contributed by atoms with Gasteiger partial charge in [0, 0.05) is 12.6 Å². The van der Waals surface area contributed by atoms with E-state index in [9.17, 15) is 4.79 Å². The molecule has 1 heterocycles. The van der Waals surface area contributed by atoms with Gasteiger partial charge in [-0.1, -0.05) is 13.8 Å². The van der Waals surface area contributed by atoms with Crippen LogP contribution in [0.4, 0.5) is 0 Å². The lowest BCUT2D eigenvalue weighted by molar-refractivity contribution is -0.142. The fraction of sp³-hybridized carbons (Fsp3) is 0.923. The highest BCUT2D eigenvalue weighted by molar-refractivity contribution is 5.86. The third-order valence-electron chi connectivity index (χ3n) is 4.38. The maximum absolute atomic E-state index is 12.5. The third-order valence-corrected chi connectivity index (χ3v) is 4.38. The van der Waals surface area contributed by atoms with Crippen molar-refractivity contribution in [2.45, 2.75) is 58.9 Å². The van der Waals surface area contributed by atoms with E-state index in [4.69, 9.17) is 0 Å². The molecule has 2 rings (SSSR count). The molecule has 1 saturated heterocycles. The summed E-state index contributed by atoms with van der Waals surface area (Å²) in [5.74, 6) is 0.962. The average Bonchev–Trinajstić information content (AvgIpc) is 2.98. The molecule has 0 N–H and O–H groups in total. The van der Waals surface area contributed by atoms with Gasteiger partial charge in [0.15, 0.2) is 0 Å². The minimum Gasteiger partial charge on any atom is -0.340 e. The summed E-state index contributed by atoms with van der Waals surface area (Å²) >= 11 is 0. The van der Waals surface area contributed by atoms with Gasteiger partial charge in [-0.05, 0) is 44.9 Å². The Morgan fingerprint density at radius 1 is 1.33 bits per heavy atom. The molecular weight excluding hydrogens is 186 g/mol. The smallest absolute Gasteiger partial charge is 0.229 e. The molecule has 1 saturated carbocycles. The van der Waals surface area contributed by atoms with Gasteiger partial charge in [-0.3, -0.25) is 4.79 Å². The van der Waals surface area contributed by atoms with Gasteiger partial charge >= 0.3 is 0 Å². The monoisotopic (exact) mass is 209 g/mol. The van der Waals surface area contributed by atoms with Crippen LogP contribution in [0.1, 0.15) is 52.9 Å². The van der Waals surface area contributed by atoms with Crippen LogP contribution >= 0.6 is 0 Å². The van der Waals surface area contributed by atoms with Gasteiger partial charge in [-0.25, -0.2) is 0 Å². The van der Waals surface area contributed by atoms with Gasteiger partial charge in [0.25, 0.3) is 0 Å². The molecule has 0 aromatic carbocycles. The summed E-state index contributed by atoms with van der Waals surface area (Å²) in [6.07, 6.45) is 5.92. The minimum absolute atomic E-state index is 0.0333. The SMILES string of the molecule is CC1CCCCN1C(=O)C1(C(C)C)CC1. The van der Waals surface area contributed by atoms with Gasteiger partial charge in [0.1, 0.15) is 0 Å². The van der Waals surface area contributed by atoms with E-state index in [0.717, 1.165) is 19.4 Å². The second kappa shape index (κ2) is 3.80. The second-order valence-electron chi connectivity index (χ2n) is 5.65. The number of carbonyl (C=O) groups is 1. The van der Waals surface area contributed by atoms with E-state index < -0.39 is 0 Å². The lowest BCUT2D eigenvalue weighted by atomic mass is 9.89. The highest BCUT2D eigenvalue weighted by Crippen LogP contribution is 2.53. The first kappa shape index (κ1) is 11.0. The van der Waals surface area contributed by atoms with E-state index in [1.165, 1.54) is 19.3 Å². The number of nitrogens with zero attached hydrogens (tertiary/aromatic N) is 1. The number of amides is 1. The molecule has 2 nitrogen and oxygen atoms in total. The van der Waals surface area contributed by atoms with Crippen molar-refractivity contribution in [3.05, 3.63) is 0 Å². The molecule has 0 bridgehead atoms. The van der Waals surface area contributed by atoms with Crippen LogP contribution in [0.15, 0.2) is 0 Å². The zero-order valence-corrected chi connectivity index (χ0v) is 10.3. The molecule has 0 radical (unpaired) electrons. The van der Waals surface area contributed by atoms with Crippen LogP contribution in [0.3, 0.4) is 0 Å². The summed E-state index contributed by atoms with van der Waals surface area (Å²) in [7, 11) is 0. The predicted molar refractivity (Wildman–Crippen MR) is 61.5 cm³/mol. The number of piperidine rings is 1. The second-order valence-corrected chi connectivity index (χ2v) is 5.65. The number of likely N-dealkylation sites (tertiary alicyclic amines) is 1. The van der Waals surface area contributed by atoms with E-state index in [1.54, 1.807) is 0 Å². The van der Waals surface area contributed by atoms with Gasteiger partial charge in [0.2, 0.25) is 5.91 Å². The van der Waals surface area contributed by atoms with Crippen LogP contribution in [0.5, 0.6) is 0 Å². The zero-order valence-electron chi connectivity index (χ0n) is 10.3. The average molecular weight is 209 g/mol. The Bertz CT molecular complexity index is 255. The van der Waals surface area contributed by atoms with Crippen molar-refractivity contribution in [1.82, 2.24) is 4.90 Å². The van der Waals surface area contributed by atoms with E-state index in [0.29, 0.717) is 17.9 Å². The fourth-order valence-corrected chi connectivity index (χ4v) is 2.86. The standard InChI is InChI=1S/C13H23NO/c1-10(2)13(7-8-13)12(15)14-9-5-4-6-11(14)3/h10-11H,4-9H2,1-3H3. The maximum atomic E-state index is 12.5. The Labute approximate surface area is 93.0 Å².